The second kappa shape index (κ2) is 7.05. The molecule has 1 N–H and O–H groups in total. The van der Waals surface area contributed by atoms with Gasteiger partial charge in [0.1, 0.15) is 5.75 Å². The maximum atomic E-state index is 13.0. The number of para-hydroxylation sites is 2. The van der Waals surface area contributed by atoms with Crippen molar-refractivity contribution in [2.75, 3.05) is 26.1 Å². The molecule has 132 valence electrons. The molecule has 0 aromatic heterocycles. The van der Waals surface area contributed by atoms with Gasteiger partial charge in [-0.3, -0.25) is 4.79 Å². The first-order valence-electron chi connectivity index (χ1n) is 8.40. The zero-order valence-corrected chi connectivity index (χ0v) is 14.8. The molecule has 1 fully saturated rings. The van der Waals surface area contributed by atoms with E-state index in [1.165, 1.54) is 0 Å². The SMILES string of the molecule is CCOc1ccccc1NC(=O)C1(c2ccc(OC)c(OC)c2)CC1. The summed E-state index contributed by atoms with van der Waals surface area (Å²) in [6.45, 7) is 2.47. The van der Waals surface area contributed by atoms with Crippen molar-refractivity contribution in [1.29, 1.82) is 0 Å². The summed E-state index contributed by atoms with van der Waals surface area (Å²) in [6.07, 6.45) is 1.62. The molecular formula is C20H23NO4. The van der Waals surface area contributed by atoms with Crippen LogP contribution in [0.5, 0.6) is 17.2 Å². The lowest BCUT2D eigenvalue weighted by molar-refractivity contribution is -0.118. The van der Waals surface area contributed by atoms with Gasteiger partial charge in [0, 0.05) is 0 Å². The molecule has 0 heterocycles. The number of anilines is 1. The molecule has 0 radical (unpaired) electrons. The second-order valence-corrected chi connectivity index (χ2v) is 6.04. The van der Waals surface area contributed by atoms with E-state index in [4.69, 9.17) is 14.2 Å². The molecule has 1 aliphatic carbocycles. The van der Waals surface area contributed by atoms with Gasteiger partial charge in [0.05, 0.1) is 31.9 Å². The normalized spacial score (nSPS) is 14.5. The number of hydrogen-bond acceptors (Lipinski definition) is 4. The lowest BCUT2D eigenvalue weighted by Crippen LogP contribution is -2.28. The fourth-order valence-electron chi connectivity index (χ4n) is 3.00. The molecule has 0 unspecified atom stereocenters. The first kappa shape index (κ1) is 17.1. The summed E-state index contributed by atoms with van der Waals surface area (Å²) in [7, 11) is 3.20. The number of amides is 1. The van der Waals surface area contributed by atoms with Gasteiger partial charge in [0.25, 0.3) is 0 Å². The number of methoxy groups -OCH3 is 2. The highest BCUT2D eigenvalue weighted by molar-refractivity contribution is 6.02. The molecule has 3 rings (SSSR count). The van der Waals surface area contributed by atoms with Crippen molar-refractivity contribution in [1.82, 2.24) is 0 Å². The maximum absolute atomic E-state index is 13.0. The molecule has 1 saturated carbocycles. The Balaban J connectivity index is 1.85. The van der Waals surface area contributed by atoms with Gasteiger partial charge in [0.2, 0.25) is 5.91 Å². The van der Waals surface area contributed by atoms with Gasteiger partial charge in [-0.05, 0) is 49.6 Å². The summed E-state index contributed by atoms with van der Waals surface area (Å²) in [4.78, 5) is 13.0. The number of ether oxygens (including phenoxy) is 3. The van der Waals surface area contributed by atoms with Gasteiger partial charge >= 0.3 is 0 Å². The summed E-state index contributed by atoms with van der Waals surface area (Å²) in [5.74, 6) is 1.95. The second-order valence-electron chi connectivity index (χ2n) is 6.04. The van der Waals surface area contributed by atoms with Crippen LogP contribution in [0.4, 0.5) is 5.69 Å². The molecule has 0 bridgehead atoms. The summed E-state index contributed by atoms with van der Waals surface area (Å²) in [5, 5.41) is 3.03. The standard InChI is InChI=1S/C20H23NO4/c1-4-25-16-8-6-5-7-15(16)21-19(22)20(11-12-20)14-9-10-17(23-2)18(13-14)24-3/h5-10,13H,4,11-12H2,1-3H3,(H,21,22). The molecule has 1 aliphatic rings. The van der Waals surface area contributed by atoms with Crippen molar-refractivity contribution in [3.63, 3.8) is 0 Å². The van der Waals surface area contributed by atoms with E-state index in [0.29, 0.717) is 29.5 Å². The summed E-state index contributed by atoms with van der Waals surface area (Å²) >= 11 is 0. The summed E-state index contributed by atoms with van der Waals surface area (Å²) in [6, 6.07) is 13.1. The molecule has 2 aromatic carbocycles. The molecule has 0 spiro atoms. The van der Waals surface area contributed by atoms with E-state index in [1.807, 2.05) is 49.4 Å². The van der Waals surface area contributed by atoms with Crippen LogP contribution in [0.15, 0.2) is 42.5 Å². The Bertz CT molecular complexity index is 768. The Morgan fingerprint density at radius 1 is 1.04 bits per heavy atom. The minimum atomic E-state index is -0.515. The summed E-state index contributed by atoms with van der Waals surface area (Å²) < 4.78 is 16.2. The highest BCUT2D eigenvalue weighted by Gasteiger charge is 2.51. The molecule has 1 amide bonds. The van der Waals surface area contributed by atoms with Crippen LogP contribution in [0, 0.1) is 0 Å². The lowest BCUT2D eigenvalue weighted by atomic mass is 9.94. The monoisotopic (exact) mass is 341 g/mol. The number of rotatable bonds is 7. The van der Waals surface area contributed by atoms with Crippen molar-refractivity contribution >= 4 is 11.6 Å². The van der Waals surface area contributed by atoms with Crippen LogP contribution in [-0.2, 0) is 10.2 Å². The highest BCUT2D eigenvalue weighted by atomic mass is 16.5. The van der Waals surface area contributed by atoms with E-state index in [0.717, 1.165) is 18.4 Å². The Morgan fingerprint density at radius 2 is 1.76 bits per heavy atom. The van der Waals surface area contributed by atoms with Gasteiger partial charge in [0.15, 0.2) is 11.5 Å². The van der Waals surface area contributed by atoms with Crippen LogP contribution < -0.4 is 19.5 Å². The lowest BCUT2D eigenvalue weighted by Gasteiger charge is -2.19. The molecule has 5 heteroatoms. The molecule has 5 nitrogen and oxygen atoms in total. The molecule has 0 aliphatic heterocycles. The van der Waals surface area contributed by atoms with Gasteiger partial charge in [-0.25, -0.2) is 0 Å². The average molecular weight is 341 g/mol. The van der Waals surface area contributed by atoms with E-state index in [1.54, 1.807) is 14.2 Å². The van der Waals surface area contributed by atoms with E-state index in [-0.39, 0.29) is 5.91 Å². The quantitative estimate of drug-likeness (QED) is 0.833. The number of nitrogens with one attached hydrogen (secondary N) is 1. The van der Waals surface area contributed by atoms with Crippen LogP contribution in [-0.4, -0.2) is 26.7 Å². The highest BCUT2D eigenvalue weighted by Crippen LogP contribution is 2.50. The van der Waals surface area contributed by atoms with Gasteiger partial charge < -0.3 is 19.5 Å². The average Bonchev–Trinajstić information content (AvgIpc) is 3.45. The van der Waals surface area contributed by atoms with E-state index in [9.17, 15) is 4.79 Å². The zero-order chi connectivity index (χ0) is 17.9. The van der Waals surface area contributed by atoms with Crippen LogP contribution >= 0.6 is 0 Å². The van der Waals surface area contributed by atoms with Gasteiger partial charge in [-0.15, -0.1) is 0 Å². The maximum Gasteiger partial charge on any atom is 0.235 e. The van der Waals surface area contributed by atoms with Crippen LogP contribution in [0.25, 0.3) is 0 Å². The minimum absolute atomic E-state index is 0.0214. The number of carbonyl (C=O) groups is 1. The Morgan fingerprint density at radius 3 is 2.40 bits per heavy atom. The fourth-order valence-corrected chi connectivity index (χ4v) is 3.00. The Hall–Kier alpha value is -2.69. The van der Waals surface area contributed by atoms with E-state index < -0.39 is 5.41 Å². The first-order valence-corrected chi connectivity index (χ1v) is 8.40. The largest absolute Gasteiger partial charge is 0.493 e. The predicted molar refractivity (Wildman–Crippen MR) is 96.7 cm³/mol. The molecule has 2 aromatic rings. The van der Waals surface area contributed by atoms with Crippen LogP contribution in [0.3, 0.4) is 0 Å². The summed E-state index contributed by atoms with van der Waals surface area (Å²) in [5.41, 5.74) is 1.12. The topological polar surface area (TPSA) is 56.8 Å². The van der Waals surface area contributed by atoms with Crippen molar-refractivity contribution in [3.8, 4) is 17.2 Å². The zero-order valence-electron chi connectivity index (χ0n) is 14.8. The molecule has 0 saturated heterocycles. The Kier molecular flexibility index (Phi) is 4.83. The van der Waals surface area contributed by atoms with Gasteiger partial charge in [-0.2, -0.15) is 0 Å². The van der Waals surface area contributed by atoms with Crippen molar-refractivity contribution in [2.45, 2.75) is 25.2 Å². The number of benzene rings is 2. The third kappa shape index (κ3) is 3.27. The number of carbonyl (C=O) groups excluding carboxylic acids is 1. The molecular weight excluding hydrogens is 318 g/mol. The van der Waals surface area contributed by atoms with Crippen LogP contribution in [0.1, 0.15) is 25.3 Å². The van der Waals surface area contributed by atoms with Crippen LogP contribution in [0.2, 0.25) is 0 Å². The molecule has 25 heavy (non-hydrogen) atoms. The van der Waals surface area contributed by atoms with E-state index in [2.05, 4.69) is 5.32 Å². The smallest absolute Gasteiger partial charge is 0.235 e. The van der Waals surface area contributed by atoms with Crippen molar-refractivity contribution in [3.05, 3.63) is 48.0 Å². The Labute approximate surface area is 147 Å². The van der Waals surface area contributed by atoms with E-state index >= 15 is 0 Å². The van der Waals surface area contributed by atoms with Gasteiger partial charge in [-0.1, -0.05) is 18.2 Å². The number of hydrogen-bond donors (Lipinski definition) is 1. The molecule has 0 atom stereocenters. The minimum Gasteiger partial charge on any atom is -0.493 e. The van der Waals surface area contributed by atoms with Crippen molar-refractivity contribution < 1.29 is 19.0 Å². The predicted octanol–water partition coefficient (Wildman–Crippen LogP) is 3.77. The third-order valence-electron chi connectivity index (χ3n) is 4.56. The first-order chi connectivity index (χ1) is 12.1. The fraction of sp³-hybridized carbons (Fsp3) is 0.350. The third-order valence-corrected chi connectivity index (χ3v) is 4.56. The van der Waals surface area contributed by atoms with Crippen molar-refractivity contribution in [2.24, 2.45) is 0 Å².